The van der Waals surface area contributed by atoms with Gasteiger partial charge in [0.2, 0.25) is 0 Å². The minimum atomic E-state index is -0.277. The number of amides is 2. The Labute approximate surface area is 163 Å². The predicted molar refractivity (Wildman–Crippen MR) is 108 cm³/mol. The van der Waals surface area contributed by atoms with Crippen molar-refractivity contribution in [3.05, 3.63) is 101 Å². The normalized spacial score (nSPS) is 10.4. The number of benzene rings is 3. The SMILES string of the molecule is Cc1cccc(NC(=O)c2ccc(C(=O)NCCc3ccccc3F)cc2)c1. The molecular formula is C23H21FN2O2. The molecule has 0 aliphatic rings. The first-order valence-corrected chi connectivity index (χ1v) is 9.02. The van der Waals surface area contributed by atoms with Gasteiger partial charge < -0.3 is 10.6 Å². The van der Waals surface area contributed by atoms with E-state index in [0.717, 1.165) is 11.3 Å². The van der Waals surface area contributed by atoms with Crippen LogP contribution in [-0.2, 0) is 6.42 Å². The molecule has 0 saturated heterocycles. The lowest BCUT2D eigenvalue weighted by atomic mass is 10.1. The van der Waals surface area contributed by atoms with Crippen molar-refractivity contribution >= 4 is 17.5 Å². The van der Waals surface area contributed by atoms with Crippen LogP contribution in [0.15, 0.2) is 72.8 Å². The number of halogens is 1. The van der Waals surface area contributed by atoms with Crippen molar-refractivity contribution in [2.45, 2.75) is 13.3 Å². The summed E-state index contributed by atoms with van der Waals surface area (Å²) in [7, 11) is 0. The maximum absolute atomic E-state index is 13.6. The van der Waals surface area contributed by atoms with E-state index in [1.54, 1.807) is 42.5 Å². The molecule has 0 saturated carbocycles. The molecule has 5 heteroatoms. The summed E-state index contributed by atoms with van der Waals surface area (Å²) in [5.74, 6) is -0.778. The third kappa shape index (κ3) is 5.04. The van der Waals surface area contributed by atoms with Crippen molar-refractivity contribution < 1.29 is 14.0 Å². The van der Waals surface area contributed by atoms with Crippen molar-refractivity contribution in [1.29, 1.82) is 0 Å². The Kier molecular flexibility index (Phi) is 6.17. The Hall–Kier alpha value is -3.47. The number of hydrogen-bond acceptors (Lipinski definition) is 2. The molecule has 0 fully saturated rings. The topological polar surface area (TPSA) is 58.2 Å². The fourth-order valence-corrected chi connectivity index (χ4v) is 2.81. The van der Waals surface area contributed by atoms with Crippen molar-refractivity contribution in [1.82, 2.24) is 5.32 Å². The molecule has 0 radical (unpaired) electrons. The van der Waals surface area contributed by atoms with Gasteiger partial charge in [-0.2, -0.15) is 0 Å². The molecule has 2 N–H and O–H groups in total. The molecule has 0 spiro atoms. The molecular weight excluding hydrogens is 355 g/mol. The maximum Gasteiger partial charge on any atom is 0.255 e. The van der Waals surface area contributed by atoms with E-state index in [1.807, 2.05) is 31.2 Å². The van der Waals surface area contributed by atoms with Crippen LogP contribution in [0.4, 0.5) is 10.1 Å². The molecule has 142 valence electrons. The van der Waals surface area contributed by atoms with Gasteiger partial charge in [-0.3, -0.25) is 9.59 Å². The molecule has 0 aromatic heterocycles. The summed E-state index contributed by atoms with van der Waals surface area (Å²) in [6.45, 7) is 2.28. The van der Waals surface area contributed by atoms with Crippen LogP contribution < -0.4 is 10.6 Å². The third-order valence-corrected chi connectivity index (χ3v) is 4.32. The van der Waals surface area contributed by atoms with Crippen LogP contribution in [0.2, 0.25) is 0 Å². The second-order valence-electron chi connectivity index (χ2n) is 6.50. The number of carbonyl (C=O) groups is 2. The predicted octanol–water partition coefficient (Wildman–Crippen LogP) is 4.36. The lowest BCUT2D eigenvalue weighted by Crippen LogP contribution is -2.26. The van der Waals surface area contributed by atoms with Gasteiger partial charge in [0.15, 0.2) is 0 Å². The zero-order valence-electron chi connectivity index (χ0n) is 15.5. The number of carbonyl (C=O) groups excluding carboxylic acids is 2. The van der Waals surface area contributed by atoms with E-state index in [4.69, 9.17) is 0 Å². The second-order valence-corrected chi connectivity index (χ2v) is 6.50. The number of nitrogens with one attached hydrogen (secondary N) is 2. The number of hydrogen-bond donors (Lipinski definition) is 2. The maximum atomic E-state index is 13.6. The number of aryl methyl sites for hydroxylation is 1. The first kappa shape index (κ1) is 19.3. The van der Waals surface area contributed by atoms with Crippen LogP contribution in [0.3, 0.4) is 0 Å². The third-order valence-electron chi connectivity index (χ3n) is 4.32. The fourth-order valence-electron chi connectivity index (χ4n) is 2.81. The molecule has 0 bridgehead atoms. The van der Waals surface area contributed by atoms with E-state index in [-0.39, 0.29) is 17.6 Å². The highest BCUT2D eigenvalue weighted by Crippen LogP contribution is 2.12. The van der Waals surface area contributed by atoms with Crippen LogP contribution in [0.5, 0.6) is 0 Å². The molecule has 4 nitrogen and oxygen atoms in total. The van der Waals surface area contributed by atoms with Crippen LogP contribution in [-0.4, -0.2) is 18.4 Å². The summed E-state index contributed by atoms with van der Waals surface area (Å²) in [6, 6.07) is 20.4. The molecule has 0 heterocycles. The smallest absolute Gasteiger partial charge is 0.255 e. The molecule has 2 amide bonds. The minimum absolute atomic E-state index is 0.239. The van der Waals surface area contributed by atoms with E-state index in [1.165, 1.54) is 6.07 Å². The van der Waals surface area contributed by atoms with Gasteiger partial charge in [0.1, 0.15) is 5.82 Å². The minimum Gasteiger partial charge on any atom is -0.352 e. The highest BCUT2D eigenvalue weighted by atomic mass is 19.1. The first-order valence-electron chi connectivity index (χ1n) is 9.02. The van der Waals surface area contributed by atoms with Crippen molar-refractivity contribution in [3.8, 4) is 0 Å². The molecule has 28 heavy (non-hydrogen) atoms. The molecule has 0 unspecified atom stereocenters. The van der Waals surface area contributed by atoms with Crippen LogP contribution in [0.1, 0.15) is 31.8 Å². The van der Waals surface area contributed by atoms with Gasteiger partial charge in [0.25, 0.3) is 11.8 Å². The Morgan fingerprint density at radius 1 is 0.857 bits per heavy atom. The van der Waals surface area contributed by atoms with Crippen LogP contribution >= 0.6 is 0 Å². The molecule has 3 aromatic rings. The molecule has 0 atom stereocenters. The molecule has 0 aliphatic carbocycles. The van der Waals surface area contributed by atoms with Gasteiger partial charge in [0.05, 0.1) is 0 Å². The van der Waals surface area contributed by atoms with E-state index in [2.05, 4.69) is 10.6 Å². The van der Waals surface area contributed by atoms with E-state index < -0.39 is 0 Å². The quantitative estimate of drug-likeness (QED) is 0.672. The molecule has 3 aromatic carbocycles. The lowest BCUT2D eigenvalue weighted by Gasteiger charge is -2.08. The first-order chi connectivity index (χ1) is 13.5. The van der Waals surface area contributed by atoms with Gasteiger partial charge in [-0.25, -0.2) is 4.39 Å². The monoisotopic (exact) mass is 376 g/mol. The summed E-state index contributed by atoms with van der Waals surface area (Å²) >= 11 is 0. The summed E-state index contributed by atoms with van der Waals surface area (Å²) < 4.78 is 13.6. The Morgan fingerprint density at radius 3 is 2.21 bits per heavy atom. The average Bonchev–Trinajstić information content (AvgIpc) is 2.69. The average molecular weight is 376 g/mol. The Morgan fingerprint density at radius 2 is 1.54 bits per heavy atom. The fraction of sp³-hybridized carbons (Fsp3) is 0.130. The Bertz CT molecular complexity index is 984. The van der Waals surface area contributed by atoms with Crippen LogP contribution in [0, 0.1) is 12.7 Å². The number of anilines is 1. The zero-order chi connectivity index (χ0) is 19.9. The van der Waals surface area contributed by atoms with Gasteiger partial charge in [-0.1, -0.05) is 30.3 Å². The highest BCUT2D eigenvalue weighted by Gasteiger charge is 2.10. The second kappa shape index (κ2) is 8.95. The summed E-state index contributed by atoms with van der Waals surface area (Å²) in [5, 5.41) is 5.59. The van der Waals surface area contributed by atoms with Gasteiger partial charge >= 0.3 is 0 Å². The number of rotatable bonds is 6. The standard InChI is InChI=1S/C23H21FN2O2/c1-16-5-4-7-20(15-16)26-23(28)19-11-9-18(10-12-19)22(27)25-14-13-17-6-2-3-8-21(17)24/h2-12,15H,13-14H2,1H3,(H,25,27)(H,26,28). The highest BCUT2D eigenvalue weighted by molar-refractivity contribution is 6.05. The zero-order valence-corrected chi connectivity index (χ0v) is 15.5. The summed E-state index contributed by atoms with van der Waals surface area (Å²) in [4.78, 5) is 24.5. The van der Waals surface area contributed by atoms with Crippen molar-refractivity contribution in [2.75, 3.05) is 11.9 Å². The van der Waals surface area contributed by atoms with Gasteiger partial charge in [-0.05, 0) is 66.9 Å². The molecule has 0 aliphatic heterocycles. The van der Waals surface area contributed by atoms with E-state index >= 15 is 0 Å². The Balaban J connectivity index is 1.55. The van der Waals surface area contributed by atoms with E-state index in [0.29, 0.717) is 29.7 Å². The van der Waals surface area contributed by atoms with Gasteiger partial charge in [-0.15, -0.1) is 0 Å². The molecule has 3 rings (SSSR count). The lowest BCUT2D eigenvalue weighted by molar-refractivity contribution is 0.0952. The summed E-state index contributed by atoms with van der Waals surface area (Å²) in [5.41, 5.74) is 3.25. The summed E-state index contributed by atoms with van der Waals surface area (Å²) in [6.07, 6.45) is 0.412. The van der Waals surface area contributed by atoms with Crippen molar-refractivity contribution in [3.63, 3.8) is 0 Å². The van der Waals surface area contributed by atoms with Crippen molar-refractivity contribution in [2.24, 2.45) is 0 Å². The van der Waals surface area contributed by atoms with E-state index in [9.17, 15) is 14.0 Å². The van der Waals surface area contributed by atoms with Crippen LogP contribution in [0.25, 0.3) is 0 Å². The largest absolute Gasteiger partial charge is 0.352 e. The van der Waals surface area contributed by atoms with Gasteiger partial charge in [0, 0.05) is 23.4 Å².